The first kappa shape index (κ1) is 11.8. The van der Waals surface area contributed by atoms with Crippen LogP contribution in [-0.4, -0.2) is 27.4 Å². The van der Waals surface area contributed by atoms with E-state index < -0.39 is 0 Å². The van der Waals surface area contributed by atoms with Gasteiger partial charge in [-0.05, 0) is 17.7 Å². The molecule has 0 fully saturated rings. The molecule has 0 aliphatic carbocycles. The quantitative estimate of drug-likeness (QED) is 0.693. The van der Waals surface area contributed by atoms with Crippen LogP contribution >= 0.6 is 0 Å². The van der Waals surface area contributed by atoms with Crippen molar-refractivity contribution in [1.29, 1.82) is 0 Å². The van der Waals surface area contributed by atoms with E-state index in [0.29, 0.717) is 19.8 Å². The molecular weight excluding hydrogens is 192 g/mol. The number of hydrogen-bond acceptors (Lipinski definition) is 4. The van der Waals surface area contributed by atoms with Gasteiger partial charge in [-0.25, -0.2) is 0 Å². The summed E-state index contributed by atoms with van der Waals surface area (Å²) in [5.41, 5.74) is 7.58. The first-order valence-corrected chi connectivity index (χ1v) is 4.94. The van der Waals surface area contributed by atoms with Gasteiger partial charge in [-0.1, -0.05) is 6.07 Å². The Labute approximate surface area is 90.4 Å². The second-order valence-corrected chi connectivity index (χ2v) is 3.13. The highest BCUT2D eigenvalue weighted by Crippen LogP contribution is 2.25. The maximum atomic E-state index is 5.57. The van der Waals surface area contributed by atoms with E-state index in [0.717, 1.165) is 17.0 Å². The lowest BCUT2D eigenvalue weighted by molar-refractivity contribution is 0.146. The minimum atomic E-state index is 0.518. The summed E-state index contributed by atoms with van der Waals surface area (Å²) < 4.78 is 10.5. The zero-order valence-corrected chi connectivity index (χ0v) is 9.25. The summed E-state index contributed by atoms with van der Waals surface area (Å²) in [4.78, 5) is 0. The van der Waals surface area contributed by atoms with Gasteiger partial charge >= 0.3 is 0 Å². The molecule has 0 saturated heterocycles. The Morgan fingerprint density at radius 2 is 2.13 bits per heavy atom. The Bertz CT molecular complexity index is 303. The van der Waals surface area contributed by atoms with Crippen molar-refractivity contribution in [2.45, 2.75) is 6.54 Å². The lowest BCUT2D eigenvalue weighted by Crippen LogP contribution is -2.07. The number of hydrogen-bond donors (Lipinski definition) is 2. The molecule has 84 valence electrons. The third-order valence-electron chi connectivity index (χ3n) is 2.10. The van der Waals surface area contributed by atoms with Crippen LogP contribution in [0.25, 0.3) is 0 Å². The molecule has 0 atom stereocenters. The molecule has 0 aliphatic heterocycles. The Balaban J connectivity index is 2.72. The lowest BCUT2D eigenvalue weighted by atomic mass is 10.2. The molecule has 15 heavy (non-hydrogen) atoms. The van der Waals surface area contributed by atoms with Crippen LogP contribution in [0.2, 0.25) is 0 Å². The number of anilines is 1. The first-order valence-electron chi connectivity index (χ1n) is 4.94. The normalized spacial score (nSPS) is 10.1. The molecule has 1 rings (SSSR count). The monoisotopic (exact) mass is 210 g/mol. The Morgan fingerprint density at radius 3 is 2.73 bits per heavy atom. The standard InChI is InChI=1S/C11H18N2O2/c1-13-10-4-3-9(8-12)7-11(10)15-6-5-14-2/h3-4,7,13H,5-6,8,12H2,1-2H3. The maximum Gasteiger partial charge on any atom is 0.142 e. The third-order valence-corrected chi connectivity index (χ3v) is 2.10. The molecular formula is C11H18N2O2. The van der Waals surface area contributed by atoms with E-state index in [4.69, 9.17) is 15.2 Å². The van der Waals surface area contributed by atoms with Gasteiger partial charge in [-0.2, -0.15) is 0 Å². The van der Waals surface area contributed by atoms with Gasteiger partial charge in [0.1, 0.15) is 12.4 Å². The summed E-state index contributed by atoms with van der Waals surface area (Å²) in [7, 11) is 3.51. The van der Waals surface area contributed by atoms with Gasteiger partial charge in [0.25, 0.3) is 0 Å². The zero-order chi connectivity index (χ0) is 11.1. The maximum absolute atomic E-state index is 5.57. The highest BCUT2D eigenvalue weighted by Gasteiger charge is 2.02. The number of rotatable bonds is 6. The van der Waals surface area contributed by atoms with Crippen LogP contribution in [-0.2, 0) is 11.3 Å². The molecule has 0 spiro atoms. The fraction of sp³-hybridized carbons (Fsp3) is 0.455. The molecule has 3 N–H and O–H groups in total. The van der Waals surface area contributed by atoms with Gasteiger partial charge in [0.2, 0.25) is 0 Å². The molecule has 1 aromatic rings. The van der Waals surface area contributed by atoms with E-state index >= 15 is 0 Å². The van der Waals surface area contributed by atoms with E-state index in [1.807, 2.05) is 25.2 Å². The van der Waals surface area contributed by atoms with Gasteiger partial charge in [-0.3, -0.25) is 0 Å². The fourth-order valence-corrected chi connectivity index (χ4v) is 1.25. The molecule has 0 heterocycles. The summed E-state index contributed by atoms with van der Waals surface area (Å²) in [5, 5.41) is 3.07. The molecule has 0 aromatic heterocycles. The predicted molar refractivity (Wildman–Crippen MR) is 61.3 cm³/mol. The van der Waals surface area contributed by atoms with E-state index in [1.54, 1.807) is 7.11 Å². The van der Waals surface area contributed by atoms with Gasteiger partial charge < -0.3 is 20.5 Å². The Morgan fingerprint density at radius 1 is 1.33 bits per heavy atom. The minimum Gasteiger partial charge on any atom is -0.489 e. The van der Waals surface area contributed by atoms with Crippen LogP contribution in [0.3, 0.4) is 0 Å². The van der Waals surface area contributed by atoms with E-state index in [1.165, 1.54) is 0 Å². The highest BCUT2D eigenvalue weighted by molar-refractivity contribution is 5.57. The summed E-state index contributed by atoms with van der Waals surface area (Å²) in [5.74, 6) is 0.817. The summed E-state index contributed by atoms with van der Waals surface area (Å²) in [6, 6.07) is 5.89. The van der Waals surface area contributed by atoms with Crippen molar-refractivity contribution in [3.8, 4) is 5.75 Å². The van der Waals surface area contributed by atoms with Gasteiger partial charge in [0, 0.05) is 20.7 Å². The smallest absolute Gasteiger partial charge is 0.142 e. The molecule has 0 bridgehead atoms. The number of methoxy groups -OCH3 is 1. The van der Waals surface area contributed by atoms with Gasteiger partial charge in [-0.15, -0.1) is 0 Å². The van der Waals surface area contributed by atoms with E-state index in [-0.39, 0.29) is 0 Å². The van der Waals surface area contributed by atoms with Crippen LogP contribution in [0.4, 0.5) is 5.69 Å². The SMILES string of the molecule is CNc1ccc(CN)cc1OCCOC. The number of nitrogens with one attached hydrogen (secondary N) is 1. The molecule has 0 unspecified atom stereocenters. The zero-order valence-electron chi connectivity index (χ0n) is 9.25. The molecule has 4 nitrogen and oxygen atoms in total. The van der Waals surface area contributed by atoms with Crippen molar-refractivity contribution in [3.05, 3.63) is 23.8 Å². The van der Waals surface area contributed by atoms with E-state index in [9.17, 15) is 0 Å². The van der Waals surface area contributed by atoms with Crippen molar-refractivity contribution in [2.24, 2.45) is 5.73 Å². The topological polar surface area (TPSA) is 56.5 Å². The Kier molecular flexibility index (Phi) is 4.93. The van der Waals surface area contributed by atoms with Crippen molar-refractivity contribution >= 4 is 5.69 Å². The molecule has 1 aromatic carbocycles. The highest BCUT2D eigenvalue weighted by atomic mass is 16.5. The average Bonchev–Trinajstić information content (AvgIpc) is 2.29. The lowest BCUT2D eigenvalue weighted by Gasteiger charge is -2.12. The predicted octanol–water partition coefficient (Wildman–Crippen LogP) is 1.21. The van der Waals surface area contributed by atoms with Crippen LogP contribution in [0.15, 0.2) is 18.2 Å². The average molecular weight is 210 g/mol. The van der Waals surface area contributed by atoms with Crippen LogP contribution in [0, 0.1) is 0 Å². The third kappa shape index (κ3) is 3.42. The van der Waals surface area contributed by atoms with E-state index in [2.05, 4.69) is 5.32 Å². The Hall–Kier alpha value is -1.26. The van der Waals surface area contributed by atoms with Gasteiger partial charge in [0.05, 0.1) is 12.3 Å². The second kappa shape index (κ2) is 6.27. The second-order valence-electron chi connectivity index (χ2n) is 3.13. The van der Waals surface area contributed by atoms with Crippen molar-refractivity contribution in [2.75, 3.05) is 32.7 Å². The summed E-state index contributed by atoms with van der Waals surface area (Å²) in [6.07, 6.45) is 0. The molecule has 4 heteroatoms. The van der Waals surface area contributed by atoms with Crippen LogP contribution in [0.1, 0.15) is 5.56 Å². The molecule has 0 aliphatic rings. The fourth-order valence-electron chi connectivity index (χ4n) is 1.25. The van der Waals surface area contributed by atoms with Crippen molar-refractivity contribution < 1.29 is 9.47 Å². The molecule has 0 saturated carbocycles. The van der Waals surface area contributed by atoms with Gasteiger partial charge in [0.15, 0.2) is 0 Å². The summed E-state index contributed by atoms with van der Waals surface area (Å²) >= 11 is 0. The first-order chi connectivity index (χ1) is 7.31. The van der Waals surface area contributed by atoms with Crippen LogP contribution < -0.4 is 15.8 Å². The number of benzene rings is 1. The summed E-state index contributed by atoms with van der Waals surface area (Å²) in [6.45, 7) is 1.64. The minimum absolute atomic E-state index is 0.518. The molecule has 0 amide bonds. The van der Waals surface area contributed by atoms with Crippen molar-refractivity contribution in [1.82, 2.24) is 0 Å². The van der Waals surface area contributed by atoms with Crippen LogP contribution in [0.5, 0.6) is 5.75 Å². The van der Waals surface area contributed by atoms with Crippen molar-refractivity contribution in [3.63, 3.8) is 0 Å². The number of nitrogens with two attached hydrogens (primary N) is 1. The number of ether oxygens (including phenoxy) is 2. The largest absolute Gasteiger partial charge is 0.489 e. The molecule has 0 radical (unpaired) electrons.